The van der Waals surface area contributed by atoms with Crippen LogP contribution in [0.1, 0.15) is 18.4 Å². The lowest BCUT2D eigenvalue weighted by molar-refractivity contribution is 0.410. The first-order chi connectivity index (χ1) is 10.4. The van der Waals surface area contributed by atoms with Gasteiger partial charge in [-0.15, -0.1) is 5.10 Å². The Morgan fingerprint density at radius 3 is 2.86 bits per heavy atom. The molecule has 1 aromatic heterocycles. The quantitative estimate of drug-likeness (QED) is 0.907. The summed E-state index contributed by atoms with van der Waals surface area (Å²) in [5.41, 5.74) is 1.08. The first-order valence-corrected chi connectivity index (χ1v) is 7.17. The van der Waals surface area contributed by atoms with Crippen LogP contribution in [0.25, 0.3) is 0 Å². The number of rotatable bonds is 5. The van der Waals surface area contributed by atoms with Crippen LogP contribution in [0.4, 0.5) is 11.8 Å². The summed E-state index contributed by atoms with van der Waals surface area (Å²) in [6.07, 6.45) is 4.04. The molecule has 0 spiro atoms. The summed E-state index contributed by atoms with van der Waals surface area (Å²) in [6.45, 7) is 2.66. The van der Waals surface area contributed by atoms with Crippen LogP contribution in [0.5, 0.6) is 5.75 Å². The summed E-state index contributed by atoms with van der Waals surface area (Å²) in [4.78, 5) is 6.69. The zero-order valence-electron chi connectivity index (χ0n) is 12.1. The molecule has 1 aromatic carbocycles. The summed E-state index contributed by atoms with van der Waals surface area (Å²) < 4.78 is 5.34. The van der Waals surface area contributed by atoms with E-state index >= 15 is 0 Å². The van der Waals surface area contributed by atoms with Gasteiger partial charge in [0.15, 0.2) is 5.82 Å². The van der Waals surface area contributed by atoms with E-state index in [1.54, 1.807) is 13.3 Å². The SMILES string of the molecule is COc1ccccc1CNc1cnnc(N2CCCC2)n1. The predicted octanol–water partition coefficient (Wildman–Crippen LogP) is 2.09. The highest BCUT2D eigenvalue weighted by molar-refractivity contribution is 5.42. The van der Waals surface area contributed by atoms with Gasteiger partial charge in [-0.25, -0.2) is 0 Å². The number of nitrogens with zero attached hydrogens (tertiary/aromatic N) is 4. The van der Waals surface area contributed by atoms with Crippen molar-refractivity contribution < 1.29 is 4.74 Å². The molecule has 0 aliphatic carbocycles. The first kappa shape index (κ1) is 13.6. The molecule has 0 saturated carbocycles. The standard InChI is InChI=1S/C15H19N5O/c1-21-13-7-3-2-6-12(13)10-16-14-11-17-19-15(18-14)20-8-4-5-9-20/h2-3,6-7,11H,4-5,8-10H2,1H3,(H,16,18,19). The normalized spacial score (nSPS) is 14.2. The average Bonchev–Trinajstić information content (AvgIpc) is 3.08. The molecular weight excluding hydrogens is 266 g/mol. The van der Waals surface area contributed by atoms with E-state index in [4.69, 9.17) is 4.74 Å². The van der Waals surface area contributed by atoms with E-state index in [1.165, 1.54) is 12.8 Å². The van der Waals surface area contributed by atoms with E-state index in [2.05, 4.69) is 25.4 Å². The minimum Gasteiger partial charge on any atom is -0.496 e. The van der Waals surface area contributed by atoms with E-state index in [0.29, 0.717) is 12.5 Å². The van der Waals surface area contributed by atoms with Crippen LogP contribution < -0.4 is 15.0 Å². The predicted molar refractivity (Wildman–Crippen MR) is 81.6 cm³/mol. The van der Waals surface area contributed by atoms with Gasteiger partial charge in [-0.1, -0.05) is 18.2 Å². The molecule has 0 unspecified atom stereocenters. The van der Waals surface area contributed by atoms with Crippen molar-refractivity contribution in [3.63, 3.8) is 0 Å². The second-order valence-corrected chi connectivity index (χ2v) is 5.00. The van der Waals surface area contributed by atoms with E-state index in [1.807, 2.05) is 24.3 Å². The van der Waals surface area contributed by atoms with Crippen molar-refractivity contribution in [2.24, 2.45) is 0 Å². The van der Waals surface area contributed by atoms with Crippen molar-refractivity contribution >= 4 is 11.8 Å². The van der Waals surface area contributed by atoms with Crippen molar-refractivity contribution in [1.82, 2.24) is 15.2 Å². The molecule has 110 valence electrons. The maximum atomic E-state index is 5.34. The van der Waals surface area contributed by atoms with Crippen LogP contribution in [-0.4, -0.2) is 35.4 Å². The van der Waals surface area contributed by atoms with Crippen molar-refractivity contribution in [3.05, 3.63) is 36.0 Å². The molecule has 3 rings (SSSR count). The fourth-order valence-electron chi connectivity index (χ4n) is 2.47. The number of para-hydroxylation sites is 1. The fraction of sp³-hybridized carbons (Fsp3) is 0.400. The van der Waals surface area contributed by atoms with Crippen molar-refractivity contribution in [2.45, 2.75) is 19.4 Å². The van der Waals surface area contributed by atoms with Gasteiger partial charge in [0, 0.05) is 25.2 Å². The lowest BCUT2D eigenvalue weighted by atomic mass is 10.2. The molecule has 1 fully saturated rings. The Labute approximate surface area is 124 Å². The maximum Gasteiger partial charge on any atom is 0.247 e. The highest BCUT2D eigenvalue weighted by Gasteiger charge is 2.15. The fourth-order valence-corrected chi connectivity index (χ4v) is 2.47. The van der Waals surface area contributed by atoms with Gasteiger partial charge in [0.25, 0.3) is 0 Å². The number of ether oxygens (including phenoxy) is 1. The maximum absolute atomic E-state index is 5.34. The molecule has 2 heterocycles. The van der Waals surface area contributed by atoms with Crippen LogP contribution in [0.15, 0.2) is 30.5 Å². The molecule has 1 saturated heterocycles. The minimum absolute atomic E-state index is 0.641. The molecule has 1 aliphatic heterocycles. The van der Waals surface area contributed by atoms with E-state index in [9.17, 15) is 0 Å². The molecule has 1 aliphatic rings. The van der Waals surface area contributed by atoms with Gasteiger partial charge in [0.2, 0.25) is 5.95 Å². The summed E-state index contributed by atoms with van der Waals surface area (Å²) in [7, 11) is 1.68. The van der Waals surface area contributed by atoms with Gasteiger partial charge in [-0.05, 0) is 18.9 Å². The number of aromatic nitrogens is 3. The van der Waals surface area contributed by atoms with Crippen molar-refractivity contribution in [3.8, 4) is 5.75 Å². The number of anilines is 2. The number of hydrogen-bond donors (Lipinski definition) is 1. The summed E-state index contributed by atoms with van der Waals surface area (Å²) in [5.74, 6) is 2.31. The topological polar surface area (TPSA) is 63.2 Å². The van der Waals surface area contributed by atoms with E-state index in [0.717, 1.165) is 30.2 Å². The van der Waals surface area contributed by atoms with E-state index < -0.39 is 0 Å². The Balaban J connectivity index is 1.69. The Bertz CT molecular complexity index is 598. The molecule has 21 heavy (non-hydrogen) atoms. The monoisotopic (exact) mass is 285 g/mol. The zero-order valence-corrected chi connectivity index (χ0v) is 12.1. The average molecular weight is 285 g/mol. The van der Waals surface area contributed by atoms with Crippen molar-refractivity contribution in [1.29, 1.82) is 0 Å². The van der Waals surface area contributed by atoms with Gasteiger partial charge in [-0.2, -0.15) is 10.1 Å². The molecule has 0 bridgehead atoms. The summed E-state index contributed by atoms with van der Waals surface area (Å²) >= 11 is 0. The van der Waals surface area contributed by atoms with E-state index in [-0.39, 0.29) is 0 Å². The molecule has 0 atom stereocenters. The lowest BCUT2D eigenvalue weighted by Crippen LogP contribution is -2.21. The lowest BCUT2D eigenvalue weighted by Gasteiger charge is -2.15. The second kappa shape index (κ2) is 6.39. The van der Waals surface area contributed by atoms with Gasteiger partial charge >= 0.3 is 0 Å². The highest BCUT2D eigenvalue weighted by Crippen LogP contribution is 2.19. The summed E-state index contributed by atoms with van der Waals surface area (Å²) in [5, 5.41) is 11.4. The number of benzene rings is 1. The molecule has 6 nitrogen and oxygen atoms in total. The molecule has 6 heteroatoms. The Morgan fingerprint density at radius 2 is 2.05 bits per heavy atom. The van der Waals surface area contributed by atoms with Crippen LogP contribution in [-0.2, 0) is 6.54 Å². The van der Waals surface area contributed by atoms with Crippen LogP contribution >= 0.6 is 0 Å². The van der Waals surface area contributed by atoms with Gasteiger partial charge < -0.3 is 15.0 Å². The van der Waals surface area contributed by atoms with Gasteiger partial charge in [-0.3, -0.25) is 0 Å². The van der Waals surface area contributed by atoms with Gasteiger partial charge in [0.05, 0.1) is 13.3 Å². The number of methoxy groups -OCH3 is 1. The molecule has 1 N–H and O–H groups in total. The number of hydrogen-bond acceptors (Lipinski definition) is 6. The third-order valence-corrected chi connectivity index (χ3v) is 3.59. The molecular formula is C15H19N5O. The first-order valence-electron chi connectivity index (χ1n) is 7.17. The van der Waals surface area contributed by atoms with Crippen LogP contribution in [0, 0.1) is 0 Å². The third-order valence-electron chi connectivity index (χ3n) is 3.59. The third kappa shape index (κ3) is 3.21. The molecule has 0 radical (unpaired) electrons. The summed E-state index contributed by atoms with van der Waals surface area (Å²) in [6, 6.07) is 7.93. The largest absolute Gasteiger partial charge is 0.496 e. The van der Waals surface area contributed by atoms with Crippen LogP contribution in [0.3, 0.4) is 0 Å². The van der Waals surface area contributed by atoms with Crippen molar-refractivity contribution in [2.75, 3.05) is 30.4 Å². The second-order valence-electron chi connectivity index (χ2n) is 5.00. The number of nitrogens with one attached hydrogen (secondary N) is 1. The Kier molecular flexibility index (Phi) is 4.14. The van der Waals surface area contributed by atoms with Crippen LogP contribution in [0.2, 0.25) is 0 Å². The molecule has 2 aromatic rings. The Morgan fingerprint density at radius 1 is 1.24 bits per heavy atom. The highest BCUT2D eigenvalue weighted by atomic mass is 16.5. The van der Waals surface area contributed by atoms with Gasteiger partial charge in [0.1, 0.15) is 5.75 Å². The minimum atomic E-state index is 0.641. The smallest absolute Gasteiger partial charge is 0.247 e. The zero-order chi connectivity index (χ0) is 14.5. The molecule has 0 amide bonds. The Hall–Kier alpha value is -2.37.